The Morgan fingerprint density at radius 3 is 2.64 bits per heavy atom. The number of cyclic esters (lactones) is 1. The van der Waals surface area contributed by atoms with Gasteiger partial charge < -0.3 is 0 Å². The van der Waals surface area contributed by atoms with Gasteiger partial charge in [-0.2, -0.15) is 0 Å². The summed E-state index contributed by atoms with van der Waals surface area (Å²) < 4.78 is 12.6. The van der Waals surface area contributed by atoms with Crippen molar-refractivity contribution < 1.29 is 14.3 Å². The molecule has 0 aromatic heterocycles. The summed E-state index contributed by atoms with van der Waals surface area (Å²) in [5, 5.41) is 0.389. The molecule has 1 heterocycles. The van der Waals surface area contributed by atoms with Crippen molar-refractivity contribution in [3.8, 4) is 5.75 Å². The third kappa shape index (κ3) is 4.05. The number of methoxy groups -OCH3 is 1. The summed E-state index contributed by atoms with van der Waals surface area (Å²) in [5.74, 6) is 0.819. The molecule has 0 spiro atoms. The Morgan fingerprint density at radius 1 is 1.20 bits per heavy atom. The summed E-state index contributed by atoms with van der Waals surface area (Å²) in [6.45, 7) is 2.21. The van der Waals surface area contributed by atoms with Gasteiger partial charge in [0.2, 0.25) is 0 Å². The molecule has 2 unspecified atom stereocenters. The van der Waals surface area contributed by atoms with Gasteiger partial charge in [0, 0.05) is 0 Å². The van der Waals surface area contributed by atoms with Crippen LogP contribution in [0.5, 0.6) is 5.75 Å². The zero-order chi connectivity index (χ0) is 17.8. The van der Waals surface area contributed by atoms with Crippen molar-refractivity contribution in [2.45, 2.75) is 29.5 Å². The molecule has 25 heavy (non-hydrogen) atoms. The molecule has 1 aliphatic rings. The Labute approximate surface area is 159 Å². The molecule has 1 aliphatic heterocycles. The average molecular weight is 421 g/mol. The van der Waals surface area contributed by atoms with Gasteiger partial charge in [0.1, 0.15) is 0 Å². The summed E-state index contributed by atoms with van der Waals surface area (Å²) in [4.78, 5) is 12.2. The van der Waals surface area contributed by atoms with Crippen LogP contribution in [-0.2, 0) is 9.53 Å². The molecular weight excluding hydrogens is 399 g/mol. The first-order chi connectivity index (χ1) is 12.1. The Morgan fingerprint density at radius 2 is 1.96 bits per heavy atom. The molecule has 3 rings (SSSR count). The summed E-state index contributed by atoms with van der Waals surface area (Å²) in [6.07, 6.45) is 2.44. The van der Waals surface area contributed by atoms with Gasteiger partial charge in [0.05, 0.1) is 0 Å². The van der Waals surface area contributed by atoms with Crippen LogP contribution in [0.1, 0.15) is 35.8 Å². The Kier molecular flexibility index (Phi) is 6.10. The van der Waals surface area contributed by atoms with E-state index in [0.29, 0.717) is 11.7 Å². The van der Waals surface area contributed by atoms with E-state index in [9.17, 15) is 4.79 Å². The van der Waals surface area contributed by atoms with E-state index in [1.54, 1.807) is 7.11 Å². The topological polar surface area (TPSA) is 35.5 Å². The van der Waals surface area contributed by atoms with E-state index in [0.717, 1.165) is 11.3 Å². The SMILES string of the molecule is COc1cccc([C@H](C)SC)c1[Se]C1CC(=O)OC1c1ccccc1. The van der Waals surface area contributed by atoms with E-state index in [2.05, 4.69) is 19.2 Å². The first-order valence-corrected chi connectivity index (χ1v) is 11.4. The van der Waals surface area contributed by atoms with Gasteiger partial charge in [0.15, 0.2) is 0 Å². The van der Waals surface area contributed by atoms with E-state index >= 15 is 0 Å². The van der Waals surface area contributed by atoms with Crippen LogP contribution in [0.4, 0.5) is 0 Å². The van der Waals surface area contributed by atoms with Crippen LogP contribution in [0.3, 0.4) is 0 Å². The quantitative estimate of drug-likeness (QED) is 0.523. The van der Waals surface area contributed by atoms with E-state index in [1.165, 1.54) is 10.0 Å². The van der Waals surface area contributed by atoms with Gasteiger partial charge >= 0.3 is 160 Å². The second-order valence-corrected chi connectivity index (χ2v) is 9.74. The predicted octanol–water partition coefficient (Wildman–Crippen LogP) is 3.93. The fourth-order valence-corrected chi connectivity index (χ4v) is 6.76. The van der Waals surface area contributed by atoms with Crippen LogP contribution in [0, 0.1) is 0 Å². The molecule has 3 atom stereocenters. The fraction of sp³-hybridized carbons (Fsp3) is 0.350. The number of thioether (sulfide) groups is 1. The normalized spacial score (nSPS) is 21.0. The van der Waals surface area contributed by atoms with Gasteiger partial charge in [-0.1, -0.05) is 0 Å². The maximum atomic E-state index is 12.0. The molecule has 2 aromatic rings. The van der Waals surface area contributed by atoms with Crippen LogP contribution in [0.2, 0.25) is 4.82 Å². The van der Waals surface area contributed by atoms with Crippen molar-refractivity contribution in [3.05, 3.63) is 59.7 Å². The van der Waals surface area contributed by atoms with Crippen LogP contribution in [-0.4, -0.2) is 34.3 Å². The van der Waals surface area contributed by atoms with Crippen molar-refractivity contribution in [2.75, 3.05) is 13.4 Å². The molecule has 132 valence electrons. The minimum absolute atomic E-state index is 0.0819. The number of esters is 1. The van der Waals surface area contributed by atoms with Gasteiger partial charge in [0.25, 0.3) is 0 Å². The number of carbonyl (C=O) groups is 1. The third-order valence-electron chi connectivity index (χ3n) is 4.38. The zero-order valence-electron chi connectivity index (χ0n) is 14.6. The van der Waals surface area contributed by atoms with Gasteiger partial charge in [-0.15, -0.1) is 0 Å². The molecule has 0 bridgehead atoms. The number of hydrogen-bond donors (Lipinski definition) is 0. The number of rotatable bonds is 6. The molecule has 0 radical (unpaired) electrons. The predicted molar refractivity (Wildman–Crippen MR) is 104 cm³/mol. The van der Waals surface area contributed by atoms with Gasteiger partial charge in [-0.3, -0.25) is 0 Å². The minimum atomic E-state index is -0.156. The third-order valence-corrected chi connectivity index (χ3v) is 8.26. The zero-order valence-corrected chi connectivity index (χ0v) is 17.1. The second kappa shape index (κ2) is 8.31. The van der Waals surface area contributed by atoms with Gasteiger partial charge in [-0.25, -0.2) is 0 Å². The Bertz CT molecular complexity index is 735. The molecule has 0 saturated carbocycles. The molecule has 3 nitrogen and oxygen atoms in total. The van der Waals surface area contributed by atoms with Crippen LogP contribution < -0.4 is 9.20 Å². The summed E-state index contributed by atoms with van der Waals surface area (Å²) in [6, 6.07) is 16.3. The van der Waals surface area contributed by atoms with Crippen molar-refractivity contribution in [3.63, 3.8) is 0 Å². The molecule has 1 fully saturated rings. The molecule has 5 heteroatoms. The van der Waals surface area contributed by atoms with Crippen molar-refractivity contribution >= 4 is 37.1 Å². The molecular formula is C20H22O3SSe. The molecule has 0 aliphatic carbocycles. The number of ether oxygens (including phenoxy) is 2. The van der Waals surface area contributed by atoms with Gasteiger partial charge in [-0.05, 0) is 0 Å². The number of hydrogen-bond acceptors (Lipinski definition) is 4. The summed E-state index contributed by atoms with van der Waals surface area (Å²) in [5.41, 5.74) is 2.38. The first kappa shape index (κ1) is 18.4. The molecule has 0 N–H and O–H groups in total. The molecule has 2 aromatic carbocycles. The van der Waals surface area contributed by atoms with E-state index in [1.807, 2.05) is 54.2 Å². The van der Waals surface area contributed by atoms with E-state index < -0.39 is 0 Å². The van der Waals surface area contributed by atoms with E-state index in [-0.39, 0.29) is 31.8 Å². The van der Waals surface area contributed by atoms with Crippen molar-refractivity contribution in [1.29, 1.82) is 0 Å². The summed E-state index contributed by atoms with van der Waals surface area (Å²) in [7, 11) is 1.72. The fourth-order valence-electron chi connectivity index (χ4n) is 2.98. The van der Waals surface area contributed by atoms with E-state index in [4.69, 9.17) is 9.47 Å². The standard InChI is InChI=1S/C20H22O3SSe/c1-13(24-3)15-10-7-11-16(22-2)20(15)25-17-12-18(21)23-19(17)14-8-5-4-6-9-14/h4-11,13,17,19H,12H2,1-3H3/t13-,17?,19?/m0/s1. The summed E-state index contributed by atoms with van der Waals surface area (Å²) >= 11 is 1.91. The Hall–Kier alpha value is -1.42. The van der Waals surface area contributed by atoms with Crippen LogP contribution >= 0.6 is 11.8 Å². The van der Waals surface area contributed by atoms with Crippen molar-refractivity contribution in [2.24, 2.45) is 0 Å². The Balaban J connectivity index is 1.94. The second-order valence-electron chi connectivity index (χ2n) is 5.94. The average Bonchev–Trinajstić information content (AvgIpc) is 3.02. The van der Waals surface area contributed by atoms with Crippen LogP contribution in [0.25, 0.3) is 0 Å². The first-order valence-electron chi connectivity index (χ1n) is 8.24. The number of carbonyl (C=O) groups excluding carboxylic acids is 1. The number of benzene rings is 2. The monoisotopic (exact) mass is 422 g/mol. The molecule has 1 saturated heterocycles. The maximum absolute atomic E-state index is 12.0. The van der Waals surface area contributed by atoms with Crippen molar-refractivity contribution in [1.82, 2.24) is 0 Å². The molecule has 0 amide bonds. The van der Waals surface area contributed by atoms with Crippen LogP contribution in [0.15, 0.2) is 48.5 Å².